The molecule has 1 heterocycles. The number of carbonyl (C=O) groups excluding carboxylic acids is 1. The molecule has 0 spiro atoms. The smallest absolute Gasteiger partial charge is 0.255 e. The molecule has 0 unspecified atom stereocenters. The fourth-order valence-electron chi connectivity index (χ4n) is 2.28. The SMILES string of the molecule is NC(=O)COc1cccc(CNc2ccc3ccc(F)cc3n2)c1. The van der Waals surface area contributed by atoms with Gasteiger partial charge in [-0.05, 0) is 42.0 Å². The highest BCUT2D eigenvalue weighted by Gasteiger charge is 2.02. The van der Waals surface area contributed by atoms with Gasteiger partial charge in [-0.15, -0.1) is 0 Å². The zero-order valence-corrected chi connectivity index (χ0v) is 12.8. The molecule has 0 radical (unpaired) electrons. The van der Waals surface area contributed by atoms with Crippen LogP contribution in [-0.2, 0) is 11.3 Å². The molecule has 3 rings (SSSR count). The lowest BCUT2D eigenvalue weighted by Crippen LogP contribution is -2.20. The van der Waals surface area contributed by atoms with E-state index in [1.54, 1.807) is 12.1 Å². The number of benzene rings is 2. The Kier molecular flexibility index (Phi) is 4.56. The summed E-state index contributed by atoms with van der Waals surface area (Å²) in [5, 5.41) is 4.06. The van der Waals surface area contributed by atoms with Crippen LogP contribution in [-0.4, -0.2) is 17.5 Å². The molecule has 6 heteroatoms. The molecular weight excluding hydrogens is 309 g/mol. The van der Waals surface area contributed by atoms with Crippen molar-refractivity contribution < 1.29 is 13.9 Å². The van der Waals surface area contributed by atoms with Crippen molar-refractivity contribution in [1.29, 1.82) is 0 Å². The molecule has 2 aromatic carbocycles. The fraction of sp³-hybridized carbons (Fsp3) is 0.111. The standard InChI is InChI=1S/C18H16FN3O2/c19-14-6-4-13-5-7-18(22-16(13)9-14)21-10-12-2-1-3-15(8-12)24-11-17(20)23/h1-9H,10-11H2,(H2,20,23)(H,21,22). The summed E-state index contributed by atoms with van der Waals surface area (Å²) in [5.74, 6) is 0.385. The quantitative estimate of drug-likeness (QED) is 0.730. The highest BCUT2D eigenvalue weighted by atomic mass is 19.1. The van der Waals surface area contributed by atoms with Gasteiger partial charge in [0, 0.05) is 18.0 Å². The van der Waals surface area contributed by atoms with Gasteiger partial charge < -0.3 is 15.8 Å². The van der Waals surface area contributed by atoms with E-state index in [1.807, 2.05) is 30.3 Å². The maximum atomic E-state index is 13.3. The zero-order chi connectivity index (χ0) is 16.9. The van der Waals surface area contributed by atoms with Gasteiger partial charge in [-0.2, -0.15) is 0 Å². The van der Waals surface area contributed by atoms with Gasteiger partial charge in [0.15, 0.2) is 6.61 Å². The number of ether oxygens (including phenoxy) is 1. The molecule has 3 aromatic rings. The Morgan fingerprint density at radius 3 is 2.83 bits per heavy atom. The van der Waals surface area contributed by atoms with E-state index in [0.29, 0.717) is 23.6 Å². The molecule has 0 saturated carbocycles. The normalized spacial score (nSPS) is 10.5. The van der Waals surface area contributed by atoms with E-state index in [9.17, 15) is 9.18 Å². The van der Waals surface area contributed by atoms with Crippen molar-refractivity contribution in [3.63, 3.8) is 0 Å². The Hall–Kier alpha value is -3.15. The molecule has 1 amide bonds. The number of fused-ring (bicyclic) bond motifs is 1. The van der Waals surface area contributed by atoms with E-state index in [1.165, 1.54) is 12.1 Å². The summed E-state index contributed by atoms with van der Waals surface area (Å²) < 4.78 is 18.6. The first-order valence-corrected chi connectivity index (χ1v) is 7.40. The molecule has 0 aliphatic rings. The van der Waals surface area contributed by atoms with Crippen LogP contribution in [0.5, 0.6) is 5.75 Å². The number of nitrogens with two attached hydrogens (primary N) is 1. The maximum Gasteiger partial charge on any atom is 0.255 e. The highest BCUT2D eigenvalue weighted by molar-refractivity contribution is 5.80. The number of nitrogens with one attached hydrogen (secondary N) is 1. The topological polar surface area (TPSA) is 77.2 Å². The second kappa shape index (κ2) is 6.95. The van der Waals surface area contributed by atoms with Crippen LogP contribution in [0.1, 0.15) is 5.56 Å². The van der Waals surface area contributed by atoms with Gasteiger partial charge in [0.1, 0.15) is 17.4 Å². The summed E-state index contributed by atoms with van der Waals surface area (Å²) in [6.07, 6.45) is 0. The van der Waals surface area contributed by atoms with Crippen LogP contribution in [0.3, 0.4) is 0 Å². The number of primary amides is 1. The predicted octanol–water partition coefficient (Wildman–Crippen LogP) is 2.85. The lowest BCUT2D eigenvalue weighted by molar-refractivity contribution is -0.119. The van der Waals surface area contributed by atoms with Crippen molar-refractivity contribution in [2.45, 2.75) is 6.54 Å². The summed E-state index contributed by atoms with van der Waals surface area (Å²) in [6, 6.07) is 15.6. The van der Waals surface area contributed by atoms with E-state index >= 15 is 0 Å². The lowest BCUT2D eigenvalue weighted by Gasteiger charge is -2.09. The predicted molar refractivity (Wildman–Crippen MR) is 90.2 cm³/mol. The lowest BCUT2D eigenvalue weighted by atomic mass is 10.2. The van der Waals surface area contributed by atoms with Crippen LogP contribution >= 0.6 is 0 Å². The minimum atomic E-state index is -0.522. The summed E-state index contributed by atoms with van der Waals surface area (Å²) in [6.45, 7) is 0.357. The van der Waals surface area contributed by atoms with E-state index in [0.717, 1.165) is 10.9 Å². The van der Waals surface area contributed by atoms with Crippen LogP contribution in [0.15, 0.2) is 54.6 Å². The van der Waals surface area contributed by atoms with Crippen molar-refractivity contribution in [2.24, 2.45) is 5.73 Å². The average molecular weight is 325 g/mol. The molecule has 0 fully saturated rings. The summed E-state index contributed by atoms with van der Waals surface area (Å²) in [5.41, 5.74) is 6.61. The van der Waals surface area contributed by atoms with Crippen molar-refractivity contribution >= 4 is 22.6 Å². The molecular formula is C18H16FN3O2. The Balaban J connectivity index is 1.69. The minimum Gasteiger partial charge on any atom is -0.484 e. The molecule has 0 aliphatic carbocycles. The molecule has 24 heavy (non-hydrogen) atoms. The number of nitrogens with zero attached hydrogens (tertiary/aromatic N) is 1. The summed E-state index contributed by atoms with van der Waals surface area (Å²) in [7, 11) is 0. The Labute approximate surface area is 138 Å². The van der Waals surface area contributed by atoms with Crippen LogP contribution < -0.4 is 15.8 Å². The number of rotatable bonds is 6. The molecule has 3 N–H and O–H groups in total. The van der Waals surface area contributed by atoms with Crippen molar-refractivity contribution in [2.75, 3.05) is 11.9 Å². The summed E-state index contributed by atoms with van der Waals surface area (Å²) in [4.78, 5) is 15.1. The molecule has 0 saturated heterocycles. The van der Waals surface area contributed by atoms with E-state index in [2.05, 4.69) is 10.3 Å². The largest absolute Gasteiger partial charge is 0.484 e. The van der Waals surface area contributed by atoms with Gasteiger partial charge in [0.25, 0.3) is 5.91 Å². The van der Waals surface area contributed by atoms with Crippen LogP contribution in [0, 0.1) is 5.82 Å². The zero-order valence-electron chi connectivity index (χ0n) is 12.8. The number of aromatic nitrogens is 1. The van der Waals surface area contributed by atoms with Crippen LogP contribution in [0.2, 0.25) is 0 Å². The Morgan fingerprint density at radius 2 is 2.00 bits per heavy atom. The highest BCUT2D eigenvalue weighted by Crippen LogP contribution is 2.18. The second-order valence-electron chi connectivity index (χ2n) is 5.29. The van der Waals surface area contributed by atoms with Gasteiger partial charge in [-0.1, -0.05) is 12.1 Å². The Morgan fingerprint density at radius 1 is 1.17 bits per heavy atom. The number of hydrogen-bond acceptors (Lipinski definition) is 4. The number of amides is 1. The molecule has 0 atom stereocenters. The Bertz CT molecular complexity index is 883. The third-order valence-corrected chi connectivity index (χ3v) is 3.41. The van der Waals surface area contributed by atoms with Crippen molar-refractivity contribution in [1.82, 2.24) is 4.98 Å². The number of carbonyl (C=O) groups is 1. The minimum absolute atomic E-state index is 0.158. The maximum absolute atomic E-state index is 13.3. The van der Waals surface area contributed by atoms with Gasteiger partial charge in [-0.3, -0.25) is 4.79 Å². The summed E-state index contributed by atoms with van der Waals surface area (Å²) >= 11 is 0. The third kappa shape index (κ3) is 3.98. The first-order valence-electron chi connectivity index (χ1n) is 7.40. The molecule has 122 valence electrons. The number of pyridine rings is 1. The third-order valence-electron chi connectivity index (χ3n) is 3.41. The first kappa shape index (κ1) is 15.7. The van der Waals surface area contributed by atoms with Crippen molar-refractivity contribution in [3.05, 3.63) is 66.0 Å². The van der Waals surface area contributed by atoms with E-state index in [-0.39, 0.29) is 12.4 Å². The number of halogens is 1. The molecule has 0 bridgehead atoms. The van der Waals surface area contributed by atoms with E-state index < -0.39 is 5.91 Å². The number of hydrogen-bond donors (Lipinski definition) is 2. The van der Waals surface area contributed by atoms with Gasteiger partial charge in [-0.25, -0.2) is 9.37 Å². The van der Waals surface area contributed by atoms with Gasteiger partial charge in [0.2, 0.25) is 0 Å². The van der Waals surface area contributed by atoms with Crippen LogP contribution in [0.4, 0.5) is 10.2 Å². The number of anilines is 1. The monoisotopic (exact) mass is 325 g/mol. The second-order valence-corrected chi connectivity index (χ2v) is 5.29. The first-order chi connectivity index (χ1) is 11.6. The van der Waals surface area contributed by atoms with Gasteiger partial charge >= 0.3 is 0 Å². The van der Waals surface area contributed by atoms with Gasteiger partial charge in [0.05, 0.1) is 5.52 Å². The molecule has 1 aromatic heterocycles. The van der Waals surface area contributed by atoms with Crippen molar-refractivity contribution in [3.8, 4) is 5.75 Å². The van der Waals surface area contributed by atoms with Crippen LogP contribution in [0.25, 0.3) is 10.9 Å². The molecule has 0 aliphatic heterocycles. The fourth-order valence-corrected chi connectivity index (χ4v) is 2.28. The average Bonchev–Trinajstić information content (AvgIpc) is 2.58. The van der Waals surface area contributed by atoms with E-state index in [4.69, 9.17) is 10.5 Å². The molecule has 5 nitrogen and oxygen atoms in total.